The minimum absolute atomic E-state index is 0.0365. The topological polar surface area (TPSA) is 80.6 Å². The molecule has 0 aliphatic carbocycles. The second-order valence-electron chi connectivity index (χ2n) is 7.03. The van der Waals surface area contributed by atoms with Crippen LogP contribution in [0.4, 0.5) is 4.39 Å². The van der Waals surface area contributed by atoms with E-state index < -0.39 is 5.91 Å². The lowest BCUT2D eigenvalue weighted by atomic mass is 10.1. The molecule has 0 saturated carbocycles. The van der Waals surface area contributed by atoms with Crippen LogP contribution in [0.5, 0.6) is 17.2 Å². The number of benzene rings is 3. The first-order valence-electron chi connectivity index (χ1n) is 10.1. The van der Waals surface area contributed by atoms with E-state index in [0.717, 1.165) is 16.9 Å². The summed E-state index contributed by atoms with van der Waals surface area (Å²) in [6, 6.07) is 20.3. The number of nitrogens with one attached hydrogen (secondary N) is 1. The zero-order valence-electron chi connectivity index (χ0n) is 18.3. The number of rotatable bonds is 9. The summed E-state index contributed by atoms with van der Waals surface area (Å²) in [4.78, 5) is 12.5. The van der Waals surface area contributed by atoms with Crippen molar-refractivity contribution in [1.82, 2.24) is 5.32 Å². The van der Waals surface area contributed by atoms with Gasteiger partial charge in [0.15, 0.2) is 11.5 Å². The highest BCUT2D eigenvalue weighted by molar-refractivity contribution is 6.01. The first-order valence-corrected chi connectivity index (χ1v) is 10.1. The molecule has 0 aliphatic rings. The first-order chi connectivity index (χ1) is 16.0. The van der Waals surface area contributed by atoms with E-state index in [-0.39, 0.29) is 24.5 Å². The van der Waals surface area contributed by atoms with Crippen molar-refractivity contribution < 1.29 is 23.4 Å². The Kier molecular flexibility index (Phi) is 8.03. The smallest absolute Gasteiger partial charge is 0.262 e. The van der Waals surface area contributed by atoms with Crippen LogP contribution < -0.4 is 19.5 Å². The van der Waals surface area contributed by atoms with Gasteiger partial charge in [-0.2, -0.15) is 5.26 Å². The summed E-state index contributed by atoms with van der Waals surface area (Å²) in [5.74, 6) is 0.864. The van der Waals surface area contributed by atoms with Gasteiger partial charge in [-0.15, -0.1) is 0 Å². The molecule has 0 heterocycles. The zero-order valence-corrected chi connectivity index (χ0v) is 18.3. The van der Waals surface area contributed by atoms with E-state index in [9.17, 15) is 14.4 Å². The van der Waals surface area contributed by atoms with Crippen LogP contribution >= 0.6 is 0 Å². The average molecular weight is 446 g/mol. The van der Waals surface area contributed by atoms with Gasteiger partial charge in [0, 0.05) is 6.54 Å². The van der Waals surface area contributed by atoms with Gasteiger partial charge in [0.2, 0.25) is 0 Å². The molecule has 1 N–H and O–H groups in total. The van der Waals surface area contributed by atoms with Crippen LogP contribution in [0, 0.1) is 17.1 Å². The lowest BCUT2D eigenvalue weighted by Gasteiger charge is -2.12. The number of methoxy groups -OCH3 is 2. The van der Waals surface area contributed by atoms with E-state index in [4.69, 9.17) is 14.2 Å². The summed E-state index contributed by atoms with van der Waals surface area (Å²) in [5, 5.41) is 12.2. The molecule has 0 aliphatic heterocycles. The number of carbonyl (C=O) groups is 1. The first kappa shape index (κ1) is 23.4. The Balaban J connectivity index is 1.66. The third-order valence-corrected chi connectivity index (χ3v) is 4.78. The van der Waals surface area contributed by atoms with Crippen LogP contribution in [-0.2, 0) is 17.9 Å². The van der Waals surface area contributed by atoms with Crippen molar-refractivity contribution in [2.45, 2.75) is 13.2 Å². The van der Waals surface area contributed by atoms with E-state index >= 15 is 0 Å². The Labute approximate surface area is 191 Å². The number of hydrogen-bond acceptors (Lipinski definition) is 5. The van der Waals surface area contributed by atoms with Gasteiger partial charge in [0.1, 0.15) is 29.8 Å². The normalized spacial score (nSPS) is 10.8. The number of hydrogen-bond donors (Lipinski definition) is 1. The molecule has 1 amide bonds. The minimum Gasteiger partial charge on any atom is -0.497 e. The monoisotopic (exact) mass is 446 g/mol. The maximum absolute atomic E-state index is 13.0. The molecule has 0 saturated heterocycles. The van der Waals surface area contributed by atoms with Gasteiger partial charge in [-0.3, -0.25) is 4.79 Å². The number of amides is 1. The number of nitrogens with zero attached hydrogens (tertiary/aromatic N) is 1. The molecule has 168 valence electrons. The number of carbonyl (C=O) groups excluding carboxylic acids is 1. The summed E-state index contributed by atoms with van der Waals surface area (Å²) < 4.78 is 29.3. The van der Waals surface area contributed by atoms with Crippen molar-refractivity contribution in [1.29, 1.82) is 5.26 Å². The largest absolute Gasteiger partial charge is 0.497 e. The molecule has 3 aromatic rings. The van der Waals surface area contributed by atoms with Gasteiger partial charge >= 0.3 is 0 Å². The number of ether oxygens (including phenoxy) is 3. The molecule has 3 aromatic carbocycles. The Morgan fingerprint density at radius 2 is 1.67 bits per heavy atom. The predicted molar refractivity (Wildman–Crippen MR) is 122 cm³/mol. The van der Waals surface area contributed by atoms with Gasteiger partial charge in [0.05, 0.1) is 14.2 Å². The quantitative estimate of drug-likeness (QED) is 0.382. The number of nitriles is 1. The Hall–Kier alpha value is -4.31. The molecule has 0 atom stereocenters. The van der Waals surface area contributed by atoms with Crippen molar-refractivity contribution >= 4 is 12.0 Å². The average Bonchev–Trinajstić information content (AvgIpc) is 2.86. The fraction of sp³-hybridized carbons (Fsp3) is 0.154. The molecule has 3 rings (SSSR count). The molecule has 6 nitrogen and oxygen atoms in total. The fourth-order valence-electron chi connectivity index (χ4n) is 2.97. The van der Waals surface area contributed by atoms with Gasteiger partial charge in [-0.1, -0.05) is 30.3 Å². The van der Waals surface area contributed by atoms with E-state index in [0.29, 0.717) is 17.1 Å². The summed E-state index contributed by atoms with van der Waals surface area (Å²) in [6.07, 6.45) is 1.48. The van der Waals surface area contributed by atoms with Crippen molar-refractivity contribution in [3.63, 3.8) is 0 Å². The summed E-state index contributed by atoms with van der Waals surface area (Å²) in [7, 11) is 3.08. The van der Waals surface area contributed by atoms with Crippen LogP contribution in [0.15, 0.2) is 72.3 Å². The summed E-state index contributed by atoms with van der Waals surface area (Å²) >= 11 is 0. The fourth-order valence-corrected chi connectivity index (χ4v) is 2.97. The van der Waals surface area contributed by atoms with Gasteiger partial charge in [0.25, 0.3) is 5.91 Å². The molecule has 0 aromatic heterocycles. The predicted octanol–water partition coefficient (Wildman–Crippen LogP) is 4.65. The molecule has 0 unspecified atom stereocenters. The van der Waals surface area contributed by atoms with E-state index in [1.807, 2.05) is 18.2 Å². The Bertz CT molecular complexity index is 1170. The van der Waals surface area contributed by atoms with Crippen LogP contribution in [-0.4, -0.2) is 20.1 Å². The SMILES string of the molecule is COc1ccc(CNC(=O)/C(C#N)=C\c2ccc(OCc3ccc(F)cc3)c(OC)c2)cc1. The lowest BCUT2D eigenvalue weighted by molar-refractivity contribution is -0.117. The highest BCUT2D eigenvalue weighted by atomic mass is 19.1. The van der Waals surface area contributed by atoms with Crippen molar-refractivity contribution in [3.8, 4) is 23.3 Å². The molecule has 0 radical (unpaired) electrons. The van der Waals surface area contributed by atoms with E-state index in [1.165, 1.54) is 25.3 Å². The molecule has 33 heavy (non-hydrogen) atoms. The van der Waals surface area contributed by atoms with Crippen molar-refractivity contribution in [2.75, 3.05) is 14.2 Å². The van der Waals surface area contributed by atoms with Crippen molar-refractivity contribution in [2.24, 2.45) is 0 Å². The minimum atomic E-state index is -0.482. The van der Waals surface area contributed by atoms with Crippen LogP contribution in [0.2, 0.25) is 0 Å². The van der Waals surface area contributed by atoms with Crippen LogP contribution in [0.1, 0.15) is 16.7 Å². The molecular formula is C26H23FN2O4. The van der Waals surface area contributed by atoms with Crippen molar-refractivity contribution in [3.05, 3.63) is 94.8 Å². The molecule has 7 heteroatoms. The molecule has 0 fully saturated rings. The molecule has 0 bridgehead atoms. The van der Waals surface area contributed by atoms with E-state index in [2.05, 4.69) is 5.32 Å². The van der Waals surface area contributed by atoms with Gasteiger partial charge in [-0.05, 0) is 59.2 Å². The third kappa shape index (κ3) is 6.58. The maximum atomic E-state index is 13.0. The molecular weight excluding hydrogens is 423 g/mol. The summed E-state index contributed by atoms with van der Waals surface area (Å²) in [5.41, 5.74) is 2.26. The molecule has 0 spiro atoms. The van der Waals surface area contributed by atoms with E-state index in [1.54, 1.807) is 49.6 Å². The third-order valence-electron chi connectivity index (χ3n) is 4.78. The van der Waals surface area contributed by atoms with Gasteiger partial charge < -0.3 is 19.5 Å². The maximum Gasteiger partial charge on any atom is 0.262 e. The lowest BCUT2D eigenvalue weighted by Crippen LogP contribution is -2.23. The van der Waals surface area contributed by atoms with Gasteiger partial charge in [-0.25, -0.2) is 4.39 Å². The Morgan fingerprint density at radius 1 is 0.970 bits per heavy atom. The van der Waals surface area contributed by atoms with Crippen LogP contribution in [0.25, 0.3) is 6.08 Å². The highest BCUT2D eigenvalue weighted by Gasteiger charge is 2.11. The Morgan fingerprint density at radius 3 is 2.30 bits per heavy atom. The number of halogens is 1. The van der Waals surface area contributed by atoms with Crippen LogP contribution in [0.3, 0.4) is 0 Å². The second kappa shape index (κ2) is 11.3. The highest BCUT2D eigenvalue weighted by Crippen LogP contribution is 2.29. The second-order valence-corrected chi connectivity index (χ2v) is 7.03. The summed E-state index contributed by atoms with van der Waals surface area (Å²) in [6.45, 7) is 0.518. The zero-order chi connectivity index (χ0) is 23.6. The standard InChI is InChI=1S/C26H23FN2O4/c1-31-23-10-5-18(6-11-23)16-29-26(30)21(15-28)13-20-7-12-24(25(14-20)32-2)33-17-19-3-8-22(27)9-4-19/h3-14H,16-17H2,1-2H3,(H,29,30)/b21-13-.